The second-order valence-electron chi connectivity index (χ2n) is 17.4. The van der Waals surface area contributed by atoms with Gasteiger partial charge in [0.2, 0.25) is 0 Å². The molecule has 0 amide bonds. The van der Waals surface area contributed by atoms with Gasteiger partial charge in [-0.2, -0.15) is 0 Å². The minimum Gasteiger partial charge on any atom is -0.462 e. The van der Waals surface area contributed by atoms with Crippen molar-refractivity contribution in [3.63, 3.8) is 0 Å². The van der Waals surface area contributed by atoms with Crippen molar-refractivity contribution in [3.05, 3.63) is 60.8 Å². The van der Waals surface area contributed by atoms with Gasteiger partial charge in [-0.05, 0) is 103 Å². The van der Waals surface area contributed by atoms with Crippen LogP contribution in [0.5, 0.6) is 0 Å². The number of hydrogen-bond donors (Lipinski definition) is 0. The van der Waals surface area contributed by atoms with Crippen LogP contribution in [0.3, 0.4) is 0 Å². The van der Waals surface area contributed by atoms with Gasteiger partial charge in [0.15, 0.2) is 6.10 Å². The Kier molecular flexibility index (Phi) is 48.4. The third kappa shape index (κ3) is 48.1. The summed E-state index contributed by atoms with van der Waals surface area (Å²) in [4.78, 5) is 38.0. The summed E-state index contributed by atoms with van der Waals surface area (Å²) >= 11 is 0. The van der Waals surface area contributed by atoms with E-state index in [1.165, 1.54) is 116 Å². The van der Waals surface area contributed by atoms with E-state index in [0.717, 1.165) is 103 Å². The molecule has 0 aliphatic rings. The number of rotatable bonds is 47. The maximum Gasteiger partial charge on any atom is 0.306 e. The third-order valence-electron chi connectivity index (χ3n) is 11.2. The Bertz CT molecular complexity index is 1130. The van der Waals surface area contributed by atoms with Crippen LogP contribution in [0.25, 0.3) is 0 Å². The topological polar surface area (TPSA) is 78.9 Å². The van der Waals surface area contributed by atoms with Crippen molar-refractivity contribution in [3.8, 4) is 0 Å². The van der Waals surface area contributed by atoms with Crippen LogP contribution in [-0.4, -0.2) is 37.2 Å². The lowest BCUT2D eigenvalue weighted by molar-refractivity contribution is -0.167. The zero-order valence-corrected chi connectivity index (χ0v) is 40.9. The Morgan fingerprint density at radius 1 is 0.339 bits per heavy atom. The van der Waals surface area contributed by atoms with Crippen LogP contribution in [0.2, 0.25) is 0 Å². The number of hydrogen-bond acceptors (Lipinski definition) is 6. The quantitative estimate of drug-likeness (QED) is 0.0262. The second-order valence-corrected chi connectivity index (χ2v) is 17.4. The largest absolute Gasteiger partial charge is 0.462 e. The Hall–Kier alpha value is -2.89. The molecule has 0 N–H and O–H groups in total. The average molecular weight is 867 g/mol. The molecule has 0 aromatic rings. The van der Waals surface area contributed by atoms with E-state index in [9.17, 15) is 14.4 Å². The Morgan fingerprint density at radius 3 is 1.02 bits per heavy atom. The molecule has 0 fully saturated rings. The molecule has 0 saturated carbocycles. The molecule has 0 aromatic carbocycles. The minimum atomic E-state index is -0.792. The molecule has 62 heavy (non-hydrogen) atoms. The van der Waals surface area contributed by atoms with E-state index in [1.807, 2.05) is 0 Å². The van der Waals surface area contributed by atoms with Crippen LogP contribution in [-0.2, 0) is 28.6 Å². The number of carbonyl (C=O) groups excluding carboxylic acids is 3. The lowest BCUT2D eigenvalue weighted by Gasteiger charge is -2.18. The smallest absolute Gasteiger partial charge is 0.306 e. The van der Waals surface area contributed by atoms with E-state index in [2.05, 4.69) is 81.5 Å². The number of ether oxygens (including phenoxy) is 3. The summed E-state index contributed by atoms with van der Waals surface area (Å²) in [7, 11) is 0. The molecule has 0 aromatic heterocycles. The van der Waals surface area contributed by atoms with Gasteiger partial charge >= 0.3 is 17.9 Å². The minimum absolute atomic E-state index is 0.0909. The molecule has 0 rings (SSSR count). The van der Waals surface area contributed by atoms with E-state index in [0.29, 0.717) is 19.3 Å². The Balaban J connectivity index is 4.43. The number of unbranched alkanes of at least 4 members (excludes halogenated alkanes) is 26. The van der Waals surface area contributed by atoms with Crippen molar-refractivity contribution >= 4 is 17.9 Å². The Labute approximate surface area is 383 Å². The molecule has 0 bridgehead atoms. The van der Waals surface area contributed by atoms with Crippen molar-refractivity contribution < 1.29 is 28.6 Å². The summed E-state index contributed by atoms with van der Waals surface area (Å²) in [5, 5.41) is 0. The number of allylic oxidation sites excluding steroid dienone is 10. The lowest BCUT2D eigenvalue weighted by atomic mass is 10.1. The first-order chi connectivity index (χ1) is 30.5. The maximum absolute atomic E-state index is 12.8. The standard InChI is InChI=1S/C56H98O6/c1-4-7-10-13-16-19-22-25-27-29-31-34-37-40-43-46-49-55(58)61-52-53(51-60-54(57)48-45-42-39-36-33-30-24-21-18-15-12-9-6-3)62-56(59)50-47-44-41-38-35-32-28-26-23-20-17-14-11-8-5-2/h9,12,18,21,26-30,33,53H,4-8,10-11,13-17,19-20,22-25,31-32,34-52H2,1-3H3/b12-9-,21-18-,28-26-,29-27-,33-30-. The number of carbonyl (C=O) groups is 3. The van der Waals surface area contributed by atoms with E-state index >= 15 is 0 Å². The first-order valence-electron chi connectivity index (χ1n) is 26.3. The van der Waals surface area contributed by atoms with Gasteiger partial charge < -0.3 is 14.2 Å². The first-order valence-corrected chi connectivity index (χ1v) is 26.3. The van der Waals surface area contributed by atoms with Gasteiger partial charge in [0, 0.05) is 19.3 Å². The molecule has 6 heteroatoms. The van der Waals surface area contributed by atoms with Gasteiger partial charge in [0.05, 0.1) is 0 Å². The fraction of sp³-hybridized carbons (Fsp3) is 0.768. The van der Waals surface area contributed by atoms with Gasteiger partial charge in [0.1, 0.15) is 13.2 Å². The average Bonchev–Trinajstić information content (AvgIpc) is 3.27. The van der Waals surface area contributed by atoms with Crippen molar-refractivity contribution in [2.75, 3.05) is 13.2 Å². The molecule has 0 radical (unpaired) electrons. The molecular formula is C56H98O6. The van der Waals surface area contributed by atoms with Crippen LogP contribution in [0.4, 0.5) is 0 Å². The van der Waals surface area contributed by atoms with Crippen molar-refractivity contribution in [1.29, 1.82) is 0 Å². The van der Waals surface area contributed by atoms with Gasteiger partial charge in [-0.25, -0.2) is 0 Å². The van der Waals surface area contributed by atoms with Gasteiger partial charge in [-0.1, -0.05) is 197 Å². The highest BCUT2D eigenvalue weighted by molar-refractivity contribution is 5.71. The second kappa shape index (κ2) is 50.8. The van der Waals surface area contributed by atoms with E-state index in [4.69, 9.17) is 14.2 Å². The van der Waals surface area contributed by atoms with Crippen molar-refractivity contribution in [2.45, 2.75) is 264 Å². The lowest BCUT2D eigenvalue weighted by Crippen LogP contribution is -2.30. The predicted molar refractivity (Wildman–Crippen MR) is 265 cm³/mol. The van der Waals surface area contributed by atoms with Gasteiger partial charge in [-0.15, -0.1) is 0 Å². The molecule has 6 nitrogen and oxygen atoms in total. The van der Waals surface area contributed by atoms with Crippen LogP contribution < -0.4 is 0 Å². The van der Waals surface area contributed by atoms with Crippen molar-refractivity contribution in [2.24, 2.45) is 0 Å². The van der Waals surface area contributed by atoms with E-state index in [1.54, 1.807) is 0 Å². The van der Waals surface area contributed by atoms with Gasteiger partial charge in [0.25, 0.3) is 0 Å². The van der Waals surface area contributed by atoms with E-state index in [-0.39, 0.29) is 31.1 Å². The Morgan fingerprint density at radius 2 is 0.629 bits per heavy atom. The zero-order valence-electron chi connectivity index (χ0n) is 40.9. The summed E-state index contributed by atoms with van der Waals surface area (Å²) in [5.74, 6) is -0.933. The highest BCUT2D eigenvalue weighted by atomic mass is 16.6. The monoisotopic (exact) mass is 867 g/mol. The summed E-state index contributed by atoms with van der Waals surface area (Å²) in [6.07, 6.45) is 62.0. The SMILES string of the molecule is CC/C=C\C/C=C\C/C=C\CCCCCC(=O)OCC(COC(=O)CCCCCCC/C=C\CCCCCCCCC)OC(=O)CCCCCCC/C=C\CCCCCCCC. The first kappa shape index (κ1) is 59.1. The van der Waals surface area contributed by atoms with Crippen LogP contribution in [0.15, 0.2) is 60.8 Å². The predicted octanol–water partition coefficient (Wildman–Crippen LogP) is 17.3. The van der Waals surface area contributed by atoms with E-state index < -0.39 is 6.10 Å². The summed E-state index contributed by atoms with van der Waals surface area (Å²) in [6, 6.07) is 0. The normalized spacial score (nSPS) is 12.5. The van der Waals surface area contributed by atoms with Crippen LogP contribution >= 0.6 is 0 Å². The van der Waals surface area contributed by atoms with Gasteiger partial charge in [-0.3, -0.25) is 14.4 Å². The summed E-state index contributed by atoms with van der Waals surface area (Å²) < 4.78 is 16.8. The van der Waals surface area contributed by atoms with Crippen LogP contribution in [0.1, 0.15) is 258 Å². The molecule has 0 saturated heterocycles. The molecule has 358 valence electrons. The maximum atomic E-state index is 12.8. The highest BCUT2D eigenvalue weighted by Crippen LogP contribution is 2.14. The molecule has 1 atom stereocenters. The summed E-state index contributed by atoms with van der Waals surface area (Å²) in [5.41, 5.74) is 0. The molecule has 0 aliphatic heterocycles. The molecule has 0 aliphatic carbocycles. The molecular weight excluding hydrogens is 769 g/mol. The van der Waals surface area contributed by atoms with Crippen molar-refractivity contribution in [1.82, 2.24) is 0 Å². The summed E-state index contributed by atoms with van der Waals surface area (Å²) in [6.45, 7) is 6.48. The molecule has 0 heterocycles. The molecule has 1 unspecified atom stereocenters. The number of esters is 3. The van der Waals surface area contributed by atoms with Crippen LogP contribution in [0, 0.1) is 0 Å². The fourth-order valence-electron chi connectivity index (χ4n) is 7.27. The zero-order chi connectivity index (χ0) is 45.1. The third-order valence-corrected chi connectivity index (χ3v) is 11.2. The molecule has 0 spiro atoms. The highest BCUT2D eigenvalue weighted by Gasteiger charge is 2.19. The fourth-order valence-corrected chi connectivity index (χ4v) is 7.27.